The minimum absolute atomic E-state index is 0. The number of halogens is 2. The number of nitrogens with one attached hydrogen (secondary N) is 2. The molecule has 4 aromatic carbocycles. The quantitative estimate of drug-likeness (QED) is 0.236. The molecule has 0 radical (unpaired) electrons. The Morgan fingerprint density at radius 1 is 0.978 bits per heavy atom. The van der Waals surface area contributed by atoms with Crippen molar-refractivity contribution in [3.63, 3.8) is 0 Å². The van der Waals surface area contributed by atoms with Crippen LogP contribution in [0.3, 0.4) is 0 Å². The molecular weight excluding hydrogens is 660 g/mol. The number of carbonyl (C=O) groups excluding carboxylic acids is 4. The van der Waals surface area contributed by atoms with Gasteiger partial charge in [-0.1, -0.05) is 52.3 Å². The first kappa shape index (κ1) is 33.6. The van der Waals surface area contributed by atoms with Crippen LogP contribution in [0.15, 0.2) is 83.3 Å². The monoisotopic (exact) mass is 692 g/mol. The molecule has 0 aliphatic carbocycles. The third-order valence-corrected chi connectivity index (χ3v) is 8.40. The van der Waals surface area contributed by atoms with Gasteiger partial charge in [0.1, 0.15) is 11.8 Å². The van der Waals surface area contributed by atoms with Gasteiger partial charge in [0.2, 0.25) is 5.91 Å². The number of rotatable bonds is 8. The molecule has 11 heteroatoms. The Morgan fingerprint density at radius 3 is 2.29 bits per heavy atom. The second-order valence-electron chi connectivity index (χ2n) is 10.6. The maximum atomic E-state index is 14.4. The van der Waals surface area contributed by atoms with Gasteiger partial charge in [-0.05, 0) is 74.1 Å². The summed E-state index contributed by atoms with van der Waals surface area (Å²) in [4.78, 5) is 56.5. The molecule has 0 aromatic heterocycles. The summed E-state index contributed by atoms with van der Waals surface area (Å²) in [7, 11) is 3.24. The van der Waals surface area contributed by atoms with Crippen LogP contribution in [0.5, 0.6) is 5.75 Å². The Hall–Kier alpha value is -4.25. The van der Waals surface area contributed by atoms with Crippen molar-refractivity contribution in [3.05, 3.63) is 100 Å². The first-order valence-electron chi connectivity index (χ1n) is 14.2. The average molecular weight is 694 g/mol. The predicted molar refractivity (Wildman–Crippen MR) is 182 cm³/mol. The SMILES string of the molecule is CN[C@@H](C)C(=O)N[C@H]1CN(C(=O)c2ccc(C(C)=O)cc2)c2ccccc2N(Cc2c(OC)ccc3cc(Br)ccc23)C1=O.Cl. The highest BCUT2D eigenvalue weighted by Crippen LogP contribution is 2.38. The number of fused-ring (bicyclic) bond motifs is 2. The van der Waals surface area contributed by atoms with E-state index in [1.807, 2.05) is 36.4 Å². The fourth-order valence-corrected chi connectivity index (χ4v) is 5.72. The number of anilines is 2. The maximum Gasteiger partial charge on any atom is 0.258 e. The average Bonchev–Trinajstić information content (AvgIpc) is 3.14. The molecule has 0 fully saturated rings. The largest absolute Gasteiger partial charge is 0.496 e. The van der Waals surface area contributed by atoms with Crippen LogP contribution in [0.2, 0.25) is 0 Å². The molecule has 234 valence electrons. The topological polar surface area (TPSA) is 108 Å². The fourth-order valence-electron chi connectivity index (χ4n) is 5.34. The number of amides is 3. The molecule has 5 rings (SSSR count). The minimum Gasteiger partial charge on any atom is -0.496 e. The molecule has 1 aliphatic rings. The van der Waals surface area contributed by atoms with Gasteiger partial charge >= 0.3 is 0 Å². The molecule has 0 saturated carbocycles. The van der Waals surface area contributed by atoms with Gasteiger partial charge in [-0.2, -0.15) is 0 Å². The zero-order valence-corrected chi connectivity index (χ0v) is 27.7. The van der Waals surface area contributed by atoms with E-state index in [2.05, 4.69) is 26.6 Å². The highest BCUT2D eigenvalue weighted by Gasteiger charge is 2.38. The number of para-hydroxylation sites is 2. The van der Waals surface area contributed by atoms with Crippen molar-refractivity contribution in [2.24, 2.45) is 0 Å². The Morgan fingerprint density at radius 2 is 1.64 bits per heavy atom. The molecule has 9 nitrogen and oxygen atoms in total. The Kier molecular flexibility index (Phi) is 10.6. The van der Waals surface area contributed by atoms with Crippen molar-refractivity contribution >= 4 is 74.0 Å². The van der Waals surface area contributed by atoms with Crippen LogP contribution >= 0.6 is 28.3 Å². The lowest BCUT2D eigenvalue weighted by molar-refractivity contribution is -0.128. The number of nitrogens with zero attached hydrogens (tertiary/aromatic N) is 2. The third-order valence-electron chi connectivity index (χ3n) is 7.91. The lowest BCUT2D eigenvalue weighted by atomic mass is 10.0. The van der Waals surface area contributed by atoms with Crippen molar-refractivity contribution in [1.82, 2.24) is 10.6 Å². The predicted octanol–water partition coefficient (Wildman–Crippen LogP) is 5.52. The number of Topliss-reactive ketones (excluding diaryl/α,β-unsaturated/α-hetero) is 1. The summed E-state index contributed by atoms with van der Waals surface area (Å²) in [6.07, 6.45) is 0. The Bertz CT molecular complexity index is 1760. The van der Waals surface area contributed by atoms with Crippen molar-refractivity contribution in [2.45, 2.75) is 32.5 Å². The van der Waals surface area contributed by atoms with E-state index in [1.165, 1.54) is 11.8 Å². The molecule has 1 aliphatic heterocycles. The van der Waals surface area contributed by atoms with Crippen molar-refractivity contribution in [2.75, 3.05) is 30.5 Å². The highest BCUT2D eigenvalue weighted by atomic mass is 79.9. The van der Waals surface area contributed by atoms with E-state index in [9.17, 15) is 19.2 Å². The fraction of sp³-hybridized carbons (Fsp3) is 0.235. The molecule has 0 spiro atoms. The summed E-state index contributed by atoms with van der Waals surface area (Å²) >= 11 is 3.54. The van der Waals surface area contributed by atoms with E-state index in [0.29, 0.717) is 28.3 Å². The summed E-state index contributed by atoms with van der Waals surface area (Å²) in [5.41, 5.74) is 2.65. The lowest BCUT2D eigenvalue weighted by Crippen LogP contribution is -2.55. The molecule has 0 saturated heterocycles. The maximum absolute atomic E-state index is 14.4. The molecule has 0 unspecified atom stereocenters. The van der Waals surface area contributed by atoms with Crippen molar-refractivity contribution in [3.8, 4) is 5.75 Å². The first-order valence-corrected chi connectivity index (χ1v) is 15.0. The van der Waals surface area contributed by atoms with E-state index in [0.717, 1.165) is 20.8 Å². The van der Waals surface area contributed by atoms with Crippen molar-refractivity contribution in [1.29, 1.82) is 0 Å². The Balaban J connectivity index is 0.00000461. The van der Waals surface area contributed by atoms with Gasteiger partial charge in [-0.15, -0.1) is 12.4 Å². The number of hydrogen-bond acceptors (Lipinski definition) is 6. The van der Waals surface area contributed by atoms with E-state index in [-0.39, 0.29) is 49.0 Å². The molecule has 4 aromatic rings. The zero-order chi connectivity index (χ0) is 31.5. The minimum atomic E-state index is -1.05. The number of hydrogen-bond donors (Lipinski definition) is 2. The molecule has 2 N–H and O–H groups in total. The Labute approximate surface area is 276 Å². The first-order chi connectivity index (χ1) is 21.1. The number of ether oxygens (including phenoxy) is 1. The smallest absolute Gasteiger partial charge is 0.258 e. The van der Waals surface area contributed by atoms with Crippen LogP contribution < -0.4 is 25.2 Å². The molecule has 2 atom stereocenters. The molecule has 3 amide bonds. The van der Waals surface area contributed by atoms with Gasteiger partial charge in [0, 0.05) is 21.2 Å². The van der Waals surface area contributed by atoms with E-state index in [4.69, 9.17) is 4.74 Å². The summed E-state index contributed by atoms with van der Waals surface area (Å²) in [5, 5.41) is 7.65. The molecule has 1 heterocycles. The normalized spacial score (nSPS) is 15.0. The van der Waals surface area contributed by atoms with Crippen LogP contribution in [0.4, 0.5) is 11.4 Å². The summed E-state index contributed by atoms with van der Waals surface area (Å²) in [6, 6.07) is 21.7. The van der Waals surface area contributed by atoms with Crippen LogP contribution in [0, 0.1) is 0 Å². The van der Waals surface area contributed by atoms with Gasteiger partial charge in [-0.3, -0.25) is 19.2 Å². The second-order valence-corrected chi connectivity index (χ2v) is 11.6. The van der Waals surface area contributed by atoms with E-state index in [1.54, 1.807) is 68.4 Å². The molecule has 0 bridgehead atoms. The lowest BCUT2D eigenvalue weighted by Gasteiger charge is -2.27. The van der Waals surface area contributed by atoms with Crippen LogP contribution in [-0.2, 0) is 16.1 Å². The standard InChI is InChI=1S/C34H33BrN4O5.ClH/c1-20(36-3)32(41)37-28-19-39(33(42)23-11-9-22(10-12-23)21(2)40)30-8-6-5-7-29(30)38(34(28)43)18-27-26-15-14-25(35)17-24(26)13-16-31(27)44-4;/h5-17,20,28,36H,18-19H2,1-4H3,(H,37,41);1H/t20-,28-;/m0./s1. The van der Waals surface area contributed by atoms with Crippen LogP contribution in [0.25, 0.3) is 10.8 Å². The summed E-state index contributed by atoms with van der Waals surface area (Å²) in [5.74, 6) is -0.606. The van der Waals surface area contributed by atoms with Crippen LogP contribution in [0.1, 0.15) is 40.1 Å². The number of ketones is 1. The number of likely N-dealkylation sites (N-methyl/N-ethyl adjacent to an activating group) is 1. The highest BCUT2D eigenvalue weighted by molar-refractivity contribution is 9.10. The van der Waals surface area contributed by atoms with Crippen molar-refractivity contribution < 1.29 is 23.9 Å². The number of methoxy groups -OCH3 is 1. The summed E-state index contributed by atoms with van der Waals surface area (Å²) < 4.78 is 6.67. The van der Waals surface area contributed by atoms with E-state index < -0.39 is 12.1 Å². The third kappa shape index (κ3) is 6.88. The van der Waals surface area contributed by atoms with Gasteiger partial charge in [-0.25, -0.2) is 0 Å². The van der Waals surface area contributed by atoms with E-state index >= 15 is 0 Å². The molecule has 45 heavy (non-hydrogen) atoms. The summed E-state index contributed by atoms with van der Waals surface area (Å²) in [6.45, 7) is 3.19. The van der Waals surface area contributed by atoms with Gasteiger partial charge in [0.15, 0.2) is 5.78 Å². The zero-order valence-electron chi connectivity index (χ0n) is 25.3. The number of carbonyl (C=O) groups is 4. The van der Waals surface area contributed by atoms with Gasteiger partial charge < -0.3 is 25.2 Å². The molecular formula is C34H34BrClN4O5. The van der Waals surface area contributed by atoms with Gasteiger partial charge in [0.05, 0.1) is 37.6 Å². The second kappa shape index (κ2) is 14.2. The van der Waals surface area contributed by atoms with Gasteiger partial charge in [0.25, 0.3) is 11.8 Å². The number of benzene rings is 4. The van der Waals surface area contributed by atoms with Crippen LogP contribution in [-0.4, -0.2) is 56.3 Å².